The molecule has 0 aliphatic carbocycles. The van der Waals surface area contributed by atoms with Gasteiger partial charge in [-0.25, -0.2) is 8.42 Å². The van der Waals surface area contributed by atoms with E-state index in [0.29, 0.717) is 18.2 Å². The number of benzene rings is 2. The van der Waals surface area contributed by atoms with Crippen molar-refractivity contribution in [3.8, 4) is 5.75 Å². The zero-order valence-electron chi connectivity index (χ0n) is 17.5. The van der Waals surface area contributed by atoms with Crippen LogP contribution in [-0.2, 0) is 14.8 Å². The monoisotopic (exact) mass is 418 g/mol. The molecule has 158 valence electrons. The number of methoxy groups -OCH3 is 1. The van der Waals surface area contributed by atoms with Gasteiger partial charge in [-0.3, -0.25) is 4.79 Å². The highest BCUT2D eigenvalue weighted by Crippen LogP contribution is 2.30. The average molecular weight is 419 g/mol. The van der Waals surface area contributed by atoms with Crippen molar-refractivity contribution in [3.63, 3.8) is 0 Å². The molecular formula is C22H30N2O4S. The summed E-state index contributed by atoms with van der Waals surface area (Å²) in [7, 11) is -0.677. The normalized spacial score (nSPS) is 12.8. The lowest BCUT2D eigenvalue weighted by Crippen LogP contribution is -2.35. The number of ether oxygens (including phenoxy) is 1. The van der Waals surface area contributed by atoms with Gasteiger partial charge in [-0.05, 0) is 42.2 Å². The van der Waals surface area contributed by atoms with E-state index in [4.69, 9.17) is 4.74 Å². The van der Waals surface area contributed by atoms with E-state index in [0.717, 1.165) is 12.0 Å². The molecule has 0 aliphatic heterocycles. The third kappa shape index (κ3) is 6.30. The van der Waals surface area contributed by atoms with Crippen LogP contribution in [0.4, 0.5) is 0 Å². The van der Waals surface area contributed by atoms with Gasteiger partial charge in [0.05, 0.1) is 18.0 Å². The van der Waals surface area contributed by atoms with E-state index in [1.807, 2.05) is 0 Å². The molecule has 6 nitrogen and oxygen atoms in total. The van der Waals surface area contributed by atoms with Gasteiger partial charge in [0.25, 0.3) is 0 Å². The van der Waals surface area contributed by atoms with Gasteiger partial charge in [0, 0.05) is 20.0 Å². The van der Waals surface area contributed by atoms with Gasteiger partial charge >= 0.3 is 0 Å². The van der Waals surface area contributed by atoms with Crippen LogP contribution in [0.2, 0.25) is 0 Å². The van der Waals surface area contributed by atoms with Crippen LogP contribution < -0.4 is 10.1 Å². The molecule has 0 fully saturated rings. The third-order valence-corrected chi connectivity index (χ3v) is 6.66. The van der Waals surface area contributed by atoms with Crippen LogP contribution in [-0.4, -0.2) is 39.3 Å². The van der Waals surface area contributed by atoms with Crippen LogP contribution in [0.1, 0.15) is 38.3 Å². The van der Waals surface area contributed by atoms with Crippen LogP contribution in [0.15, 0.2) is 59.5 Å². The van der Waals surface area contributed by atoms with Gasteiger partial charge < -0.3 is 10.1 Å². The highest BCUT2D eigenvalue weighted by Gasteiger charge is 2.30. The predicted molar refractivity (Wildman–Crippen MR) is 114 cm³/mol. The van der Waals surface area contributed by atoms with Crippen molar-refractivity contribution in [2.45, 2.75) is 37.6 Å². The van der Waals surface area contributed by atoms with E-state index in [9.17, 15) is 13.2 Å². The first-order valence-corrected chi connectivity index (χ1v) is 11.1. The van der Waals surface area contributed by atoms with Gasteiger partial charge in [-0.1, -0.05) is 44.2 Å². The zero-order chi connectivity index (χ0) is 21.4. The summed E-state index contributed by atoms with van der Waals surface area (Å²) >= 11 is 0. The second-order valence-corrected chi connectivity index (χ2v) is 9.36. The van der Waals surface area contributed by atoms with Gasteiger partial charge in [0.1, 0.15) is 5.75 Å². The molecular weight excluding hydrogens is 388 g/mol. The van der Waals surface area contributed by atoms with Crippen LogP contribution in [0.3, 0.4) is 0 Å². The molecule has 7 heteroatoms. The summed E-state index contributed by atoms with van der Waals surface area (Å²) < 4.78 is 32.7. The molecule has 2 aromatic rings. The van der Waals surface area contributed by atoms with Crippen LogP contribution in [0.25, 0.3) is 0 Å². The van der Waals surface area contributed by atoms with Crippen molar-refractivity contribution < 1.29 is 17.9 Å². The lowest BCUT2D eigenvalue weighted by Gasteiger charge is -2.28. The Kier molecular flexibility index (Phi) is 8.22. The Morgan fingerprint density at radius 3 is 2.24 bits per heavy atom. The van der Waals surface area contributed by atoms with Gasteiger partial charge in [-0.2, -0.15) is 4.31 Å². The number of sulfonamides is 1. The lowest BCUT2D eigenvalue weighted by molar-refractivity contribution is -0.122. The summed E-state index contributed by atoms with van der Waals surface area (Å²) in [5.41, 5.74) is 0.729. The van der Waals surface area contributed by atoms with Crippen molar-refractivity contribution in [1.29, 1.82) is 0 Å². The Bertz CT molecular complexity index is 881. The van der Waals surface area contributed by atoms with Crippen LogP contribution in [0, 0.1) is 5.92 Å². The fraction of sp³-hybridized carbons (Fsp3) is 0.409. The zero-order valence-corrected chi connectivity index (χ0v) is 18.3. The molecule has 1 atom stereocenters. The molecule has 0 spiro atoms. The number of carbonyl (C=O) groups is 1. The molecule has 0 aliphatic rings. The Labute approximate surface area is 173 Å². The maximum Gasteiger partial charge on any atom is 0.243 e. The molecule has 0 bridgehead atoms. The molecule has 0 heterocycles. The smallest absolute Gasteiger partial charge is 0.243 e. The van der Waals surface area contributed by atoms with E-state index in [2.05, 4.69) is 19.2 Å². The standard InChI is InChI=1S/C22H30N2O4S/c1-17(2)14-15-23-22(25)16-21(18-10-12-19(28-4)13-11-18)24(3)29(26,27)20-8-6-5-7-9-20/h5-13,17,21H,14-16H2,1-4H3,(H,23,25)/t21-/m1/s1. The van der Waals surface area contributed by atoms with Crippen molar-refractivity contribution in [2.24, 2.45) is 5.92 Å². The highest BCUT2D eigenvalue weighted by molar-refractivity contribution is 7.89. The summed E-state index contributed by atoms with van der Waals surface area (Å²) in [4.78, 5) is 12.7. The minimum atomic E-state index is -3.76. The summed E-state index contributed by atoms with van der Waals surface area (Å²) in [5.74, 6) is 0.970. The summed E-state index contributed by atoms with van der Waals surface area (Å²) in [5, 5.41) is 2.90. The number of nitrogens with one attached hydrogen (secondary N) is 1. The second kappa shape index (κ2) is 10.4. The molecule has 2 rings (SSSR count). The molecule has 0 radical (unpaired) electrons. The maximum atomic E-state index is 13.1. The van der Waals surface area contributed by atoms with E-state index in [1.165, 1.54) is 11.4 Å². The Hall–Kier alpha value is -2.38. The first-order valence-electron chi connectivity index (χ1n) is 9.69. The van der Waals surface area contributed by atoms with E-state index < -0.39 is 16.1 Å². The second-order valence-electron chi connectivity index (χ2n) is 7.36. The van der Waals surface area contributed by atoms with Crippen LogP contribution in [0.5, 0.6) is 5.75 Å². The van der Waals surface area contributed by atoms with Crippen molar-refractivity contribution in [2.75, 3.05) is 20.7 Å². The first-order chi connectivity index (χ1) is 13.8. The number of nitrogens with zero attached hydrogens (tertiary/aromatic N) is 1. The quantitative estimate of drug-likeness (QED) is 0.640. The van der Waals surface area contributed by atoms with Crippen LogP contribution >= 0.6 is 0 Å². The summed E-state index contributed by atoms with van der Waals surface area (Å²) in [6, 6.07) is 14.7. The van der Waals surface area contributed by atoms with E-state index in [1.54, 1.807) is 61.7 Å². The van der Waals surface area contributed by atoms with Gasteiger partial charge in [-0.15, -0.1) is 0 Å². The topological polar surface area (TPSA) is 75.7 Å². The third-order valence-electron chi connectivity index (χ3n) is 4.78. The minimum absolute atomic E-state index is 0.0347. The largest absolute Gasteiger partial charge is 0.497 e. The molecule has 2 aromatic carbocycles. The number of amides is 1. The fourth-order valence-corrected chi connectivity index (χ4v) is 4.32. The number of rotatable bonds is 10. The average Bonchev–Trinajstić information content (AvgIpc) is 2.72. The number of carbonyl (C=O) groups excluding carboxylic acids is 1. The fourth-order valence-electron chi connectivity index (χ4n) is 2.96. The molecule has 1 amide bonds. The molecule has 0 aromatic heterocycles. The number of hydrogen-bond acceptors (Lipinski definition) is 4. The lowest BCUT2D eigenvalue weighted by atomic mass is 10.0. The Morgan fingerprint density at radius 1 is 1.07 bits per heavy atom. The van der Waals surface area contributed by atoms with Gasteiger partial charge in [0.2, 0.25) is 15.9 Å². The predicted octanol–water partition coefficient (Wildman–Crippen LogP) is 3.61. The van der Waals surface area contributed by atoms with Gasteiger partial charge in [0.15, 0.2) is 0 Å². The first kappa shape index (κ1) is 22.9. The van der Waals surface area contributed by atoms with E-state index >= 15 is 0 Å². The summed E-state index contributed by atoms with van der Waals surface area (Å²) in [6.45, 7) is 4.75. The molecule has 1 N–H and O–H groups in total. The van der Waals surface area contributed by atoms with Crippen molar-refractivity contribution in [1.82, 2.24) is 9.62 Å². The van der Waals surface area contributed by atoms with Crippen molar-refractivity contribution >= 4 is 15.9 Å². The molecule has 0 unspecified atom stereocenters. The Morgan fingerprint density at radius 2 is 1.69 bits per heavy atom. The SMILES string of the molecule is COc1ccc([C@@H](CC(=O)NCCC(C)C)N(C)S(=O)(=O)c2ccccc2)cc1. The minimum Gasteiger partial charge on any atom is -0.497 e. The molecule has 0 saturated heterocycles. The Balaban J connectivity index is 2.29. The molecule has 29 heavy (non-hydrogen) atoms. The number of hydrogen-bond donors (Lipinski definition) is 1. The molecule has 0 saturated carbocycles. The summed E-state index contributed by atoms with van der Waals surface area (Å²) in [6.07, 6.45) is 0.907. The van der Waals surface area contributed by atoms with E-state index in [-0.39, 0.29) is 17.2 Å². The maximum absolute atomic E-state index is 13.1. The highest BCUT2D eigenvalue weighted by atomic mass is 32.2. The van der Waals surface area contributed by atoms with Crippen molar-refractivity contribution in [3.05, 3.63) is 60.2 Å².